The highest BCUT2D eigenvalue weighted by atomic mass is 32.2. The smallest absolute Gasteiger partial charge is 0.274 e. The first-order chi connectivity index (χ1) is 15.2. The zero-order valence-electron chi connectivity index (χ0n) is 18.9. The van der Waals surface area contributed by atoms with Crippen molar-refractivity contribution in [3.05, 3.63) is 47.0 Å². The Morgan fingerprint density at radius 2 is 1.84 bits per heavy atom. The zero-order valence-corrected chi connectivity index (χ0v) is 19.8. The molecule has 0 saturated heterocycles. The van der Waals surface area contributed by atoms with Crippen molar-refractivity contribution in [2.75, 3.05) is 0 Å². The topological polar surface area (TPSA) is 87.9 Å². The number of nitrogens with one attached hydrogen (secondary N) is 2. The summed E-state index contributed by atoms with van der Waals surface area (Å²) in [5.74, 6) is 0.727. The molecule has 2 aliphatic rings. The van der Waals surface area contributed by atoms with Gasteiger partial charge in [-0.3, -0.25) is 4.79 Å². The summed E-state index contributed by atoms with van der Waals surface area (Å²) in [4.78, 5) is 16.2. The second-order valence-corrected chi connectivity index (χ2v) is 12.5. The Hall–Kier alpha value is -2.54. The van der Waals surface area contributed by atoms with Crippen molar-refractivity contribution < 1.29 is 8.95 Å². The normalized spacial score (nSPS) is 20.8. The van der Waals surface area contributed by atoms with E-state index in [2.05, 4.69) is 18.8 Å². The third kappa shape index (κ3) is 3.76. The number of H-pyrrole nitrogens is 1. The second-order valence-electron chi connectivity index (χ2n) is 10.2. The van der Waals surface area contributed by atoms with E-state index in [1.54, 1.807) is 23.9 Å². The summed E-state index contributed by atoms with van der Waals surface area (Å²) in [5.41, 5.74) is 2.44. The fourth-order valence-corrected chi connectivity index (χ4v) is 6.51. The molecule has 2 heterocycles. The molecular weight excluding hydrogens is 422 g/mol. The highest BCUT2D eigenvalue weighted by Crippen LogP contribution is 2.42. The van der Waals surface area contributed by atoms with Crippen molar-refractivity contribution in [1.29, 1.82) is 4.78 Å². The zero-order chi connectivity index (χ0) is 22.7. The molecule has 2 saturated carbocycles. The lowest BCUT2D eigenvalue weighted by molar-refractivity contribution is 0.0992. The maximum Gasteiger partial charge on any atom is 0.274 e. The Kier molecular flexibility index (Phi) is 5.00. The van der Waals surface area contributed by atoms with E-state index in [4.69, 9.17) is 9.52 Å². The Morgan fingerprint density at radius 3 is 2.53 bits per heavy atom. The first-order valence-electron chi connectivity index (χ1n) is 11.4. The molecule has 1 aromatic carbocycles. The van der Waals surface area contributed by atoms with Crippen LogP contribution in [0.15, 0.2) is 46.3 Å². The summed E-state index contributed by atoms with van der Waals surface area (Å²) >= 11 is 0. The number of aromatic nitrogens is 2. The van der Waals surface area contributed by atoms with Gasteiger partial charge in [0.25, 0.3) is 5.56 Å². The summed E-state index contributed by atoms with van der Waals surface area (Å²) < 4.78 is 29.8. The van der Waals surface area contributed by atoms with E-state index in [0.29, 0.717) is 15.8 Å². The Balaban J connectivity index is 1.63. The molecule has 5 rings (SSSR count). The van der Waals surface area contributed by atoms with Crippen molar-refractivity contribution in [1.82, 2.24) is 9.55 Å². The summed E-state index contributed by atoms with van der Waals surface area (Å²) in [6.45, 7) is 4.61. The van der Waals surface area contributed by atoms with Crippen molar-refractivity contribution in [2.24, 2.45) is 12.5 Å². The number of hydrogen-bond donors (Lipinski definition) is 2. The Bertz CT molecular complexity index is 1340. The van der Waals surface area contributed by atoms with Gasteiger partial charge in [-0.2, -0.15) is 0 Å². The number of ether oxygens (including phenoxy) is 1. The third-order valence-corrected chi connectivity index (χ3v) is 9.42. The minimum absolute atomic E-state index is 0.0601. The first kappa shape index (κ1) is 21.3. The fourth-order valence-electron chi connectivity index (χ4n) is 4.76. The van der Waals surface area contributed by atoms with Crippen LogP contribution in [0.4, 0.5) is 0 Å². The average Bonchev–Trinajstić information content (AvgIpc) is 3.51. The summed E-state index contributed by atoms with van der Waals surface area (Å²) in [7, 11) is -1.12. The maximum absolute atomic E-state index is 13.2. The van der Waals surface area contributed by atoms with Crippen LogP contribution in [0.2, 0.25) is 0 Å². The van der Waals surface area contributed by atoms with Gasteiger partial charge in [0.2, 0.25) is 0 Å². The van der Waals surface area contributed by atoms with E-state index in [-0.39, 0.29) is 16.9 Å². The van der Waals surface area contributed by atoms with Crippen molar-refractivity contribution in [3.63, 3.8) is 0 Å². The molecule has 2 aromatic heterocycles. The van der Waals surface area contributed by atoms with Crippen molar-refractivity contribution in [2.45, 2.75) is 68.6 Å². The predicted octanol–water partition coefficient (Wildman–Crippen LogP) is 5.45. The van der Waals surface area contributed by atoms with Crippen LogP contribution in [0.5, 0.6) is 5.75 Å². The largest absolute Gasteiger partial charge is 0.490 e. The van der Waals surface area contributed by atoms with Crippen LogP contribution in [0.25, 0.3) is 22.0 Å². The first-order valence-corrected chi connectivity index (χ1v) is 13.0. The number of pyridine rings is 1. The van der Waals surface area contributed by atoms with Crippen LogP contribution < -0.4 is 10.3 Å². The van der Waals surface area contributed by atoms with Gasteiger partial charge >= 0.3 is 0 Å². The highest BCUT2D eigenvalue weighted by Gasteiger charge is 2.34. The molecule has 7 heteroatoms. The molecule has 1 atom stereocenters. The minimum atomic E-state index is -2.85. The molecule has 2 fully saturated rings. The molecule has 0 radical (unpaired) electrons. The standard InChI is InChI=1S/C25H31N3O3S/c1-25(2)11-8-16(9-12-25)31-22-7-6-18(32(26,30)17-4-5-17)14-20(22)21-15-28(3)24(29)23-19(21)10-13-27-23/h6-7,10,13-17,26-27H,4-5,8-9,11-12H2,1-3H3. The lowest BCUT2D eigenvalue weighted by Crippen LogP contribution is -2.28. The van der Waals surface area contributed by atoms with Gasteiger partial charge in [0, 0.05) is 46.1 Å². The van der Waals surface area contributed by atoms with Crippen LogP contribution in [-0.4, -0.2) is 25.1 Å². The average molecular weight is 454 g/mol. The van der Waals surface area contributed by atoms with E-state index in [1.165, 1.54) is 0 Å². The maximum atomic E-state index is 13.2. The summed E-state index contributed by atoms with van der Waals surface area (Å²) in [6.07, 6.45) is 9.63. The van der Waals surface area contributed by atoms with E-state index in [0.717, 1.165) is 60.8 Å². The molecule has 3 aromatic rings. The lowest BCUT2D eigenvalue weighted by Gasteiger charge is -2.34. The fraction of sp³-hybridized carbons (Fsp3) is 0.480. The molecule has 32 heavy (non-hydrogen) atoms. The van der Waals surface area contributed by atoms with Crippen LogP contribution >= 0.6 is 0 Å². The molecule has 170 valence electrons. The van der Waals surface area contributed by atoms with Gasteiger partial charge in [-0.05, 0) is 68.2 Å². The van der Waals surface area contributed by atoms with E-state index < -0.39 is 9.73 Å². The van der Waals surface area contributed by atoms with Gasteiger partial charge in [0.1, 0.15) is 11.3 Å². The van der Waals surface area contributed by atoms with Crippen LogP contribution in [-0.2, 0) is 16.8 Å². The van der Waals surface area contributed by atoms with Crippen molar-refractivity contribution in [3.8, 4) is 16.9 Å². The quantitative estimate of drug-likeness (QED) is 0.538. The Labute approximate surface area is 189 Å². The molecule has 0 spiro atoms. The van der Waals surface area contributed by atoms with Gasteiger partial charge in [-0.1, -0.05) is 13.8 Å². The minimum Gasteiger partial charge on any atom is -0.490 e. The molecule has 0 amide bonds. The number of hydrogen-bond acceptors (Lipinski definition) is 4. The van der Waals surface area contributed by atoms with E-state index in [1.807, 2.05) is 24.4 Å². The van der Waals surface area contributed by atoms with Gasteiger partial charge in [-0.25, -0.2) is 8.99 Å². The summed E-state index contributed by atoms with van der Waals surface area (Å²) in [5, 5.41) is 0.748. The van der Waals surface area contributed by atoms with E-state index in [9.17, 15) is 9.00 Å². The van der Waals surface area contributed by atoms with Gasteiger partial charge < -0.3 is 14.3 Å². The Morgan fingerprint density at radius 1 is 1.12 bits per heavy atom. The molecule has 1 unspecified atom stereocenters. The number of benzene rings is 1. The van der Waals surface area contributed by atoms with Crippen LogP contribution in [0, 0.1) is 10.2 Å². The molecule has 6 nitrogen and oxygen atoms in total. The summed E-state index contributed by atoms with van der Waals surface area (Å²) in [6, 6.07) is 7.44. The lowest BCUT2D eigenvalue weighted by atomic mass is 9.76. The predicted molar refractivity (Wildman–Crippen MR) is 128 cm³/mol. The highest BCUT2D eigenvalue weighted by molar-refractivity contribution is 7.93. The number of aryl methyl sites for hydroxylation is 1. The number of aromatic amines is 1. The molecule has 0 bridgehead atoms. The number of nitrogens with zero attached hydrogens (tertiary/aromatic N) is 1. The SMILES string of the molecule is Cn1cc(-c2cc(S(=N)(=O)C3CC3)ccc2OC2CCC(C)(C)CC2)c2cc[nH]c2c1=O. The van der Waals surface area contributed by atoms with Gasteiger partial charge in [-0.15, -0.1) is 0 Å². The monoisotopic (exact) mass is 453 g/mol. The molecule has 2 aliphatic carbocycles. The van der Waals surface area contributed by atoms with Crippen LogP contribution in [0.1, 0.15) is 52.4 Å². The second kappa shape index (κ2) is 7.51. The number of fused-ring (bicyclic) bond motifs is 1. The van der Waals surface area contributed by atoms with Gasteiger partial charge in [0.15, 0.2) is 0 Å². The van der Waals surface area contributed by atoms with Gasteiger partial charge in [0.05, 0.1) is 15.8 Å². The molecular formula is C25H31N3O3S. The van der Waals surface area contributed by atoms with E-state index >= 15 is 0 Å². The van der Waals surface area contributed by atoms with Crippen molar-refractivity contribution >= 4 is 20.6 Å². The third-order valence-electron chi connectivity index (χ3n) is 7.06. The van der Waals surface area contributed by atoms with Crippen LogP contribution in [0.3, 0.4) is 0 Å². The molecule has 2 N–H and O–H groups in total. The number of rotatable bonds is 5. The molecule has 0 aliphatic heterocycles.